The molecular weight excluding hydrogens is 396 g/mol. The second-order valence-corrected chi connectivity index (χ2v) is 9.77. The van der Waals surface area contributed by atoms with Gasteiger partial charge in [0, 0.05) is 36.9 Å². The van der Waals surface area contributed by atoms with Crippen LogP contribution in [0.25, 0.3) is 0 Å². The summed E-state index contributed by atoms with van der Waals surface area (Å²) in [4.78, 5) is 31.2. The molecule has 1 aliphatic rings. The Bertz CT molecular complexity index is 887. The Morgan fingerprint density at radius 1 is 1.23 bits per heavy atom. The van der Waals surface area contributed by atoms with Gasteiger partial charge in [0.25, 0.3) is 0 Å². The van der Waals surface area contributed by atoms with E-state index in [-0.39, 0.29) is 23.4 Å². The molecule has 1 aromatic carbocycles. The summed E-state index contributed by atoms with van der Waals surface area (Å²) in [5, 5.41) is 8.73. The first-order valence-electron chi connectivity index (χ1n) is 10.6. The van der Waals surface area contributed by atoms with Gasteiger partial charge in [-0.05, 0) is 30.9 Å². The van der Waals surface area contributed by atoms with E-state index < -0.39 is 0 Å². The monoisotopic (exact) mass is 428 g/mol. The van der Waals surface area contributed by atoms with Crippen LogP contribution in [0.1, 0.15) is 68.4 Å². The van der Waals surface area contributed by atoms with Gasteiger partial charge >= 0.3 is 6.03 Å². The second kappa shape index (κ2) is 9.60. The molecule has 2 N–H and O–H groups in total. The highest BCUT2D eigenvalue weighted by atomic mass is 32.1. The summed E-state index contributed by atoms with van der Waals surface area (Å²) in [6, 6.07) is 7.92. The van der Waals surface area contributed by atoms with Crippen molar-refractivity contribution in [2.45, 2.75) is 65.0 Å². The Kier molecular flexibility index (Phi) is 7.13. The van der Waals surface area contributed by atoms with E-state index in [0.717, 1.165) is 23.7 Å². The van der Waals surface area contributed by atoms with E-state index in [1.54, 1.807) is 11.3 Å². The standard InChI is InChI=1S/C23H32N4O2S/c1-16(21-26-19(15-30-21)23(2,3)4)25-22(29)24-12-7-10-20(28)27-13-11-17-8-5-6-9-18(17)14-27/h5-6,8-9,15-16H,7,10-14H2,1-4H3,(H2,24,25,29). The number of fused-ring (bicyclic) bond motifs is 1. The van der Waals surface area contributed by atoms with Gasteiger partial charge in [0.2, 0.25) is 5.91 Å². The van der Waals surface area contributed by atoms with E-state index in [1.807, 2.05) is 24.0 Å². The highest BCUT2D eigenvalue weighted by Crippen LogP contribution is 2.26. The van der Waals surface area contributed by atoms with E-state index in [0.29, 0.717) is 25.9 Å². The minimum Gasteiger partial charge on any atom is -0.338 e. The molecule has 1 unspecified atom stereocenters. The van der Waals surface area contributed by atoms with Crippen LogP contribution in [-0.4, -0.2) is 34.9 Å². The zero-order valence-electron chi connectivity index (χ0n) is 18.3. The maximum atomic E-state index is 12.5. The fraction of sp³-hybridized carbons (Fsp3) is 0.522. The topological polar surface area (TPSA) is 74.3 Å². The van der Waals surface area contributed by atoms with E-state index in [9.17, 15) is 9.59 Å². The van der Waals surface area contributed by atoms with Gasteiger partial charge in [-0.2, -0.15) is 0 Å². The van der Waals surface area contributed by atoms with Crippen LogP contribution in [-0.2, 0) is 23.2 Å². The summed E-state index contributed by atoms with van der Waals surface area (Å²) < 4.78 is 0. The van der Waals surface area contributed by atoms with Gasteiger partial charge in [0.1, 0.15) is 5.01 Å². The molecule has 7 heteroatoms. The fourth-order valence-electron chi connectivity index (χ4n) is 3.45. The zero-order valence-corrected chi connectivity index (χ0v) is 19.1. The molecule has 2 heterocycles. The molecule has 1 aliphatic heterocycles. The van der Waals surface area contributed by atoms with Crippen molar-refractivity contribution in [1.82, 2.24) is 20.5 Å². The lowest BCUT2D eigenvalue weighted by atomic mass is 9.93. The molecule has 0 saturated carbocycles. The van der Waals surface area contributed by atoms with Crippen LogP contribution < -0.4 is 10.6 Å². The first kappa shape index (κ1) is 22.3. The molecule has 0 bridgehead atoms. The predicted octanol–water partition coefficient (Wildman–Crippen LogP) is 4.17. The summed E-state index contributed by atoms with van der Waals surface area (Å²) in [7, 11) is 0. The van der Waals surface area contributed by atoms with Crippen molar-refractivity contribution in [3.05, 3.63) is 51.5 Å². The largest absolute Gasteiger partial charge is 0.338 e. The first-order valence-corrected chi connectivity index (χ1v) is 11.5. The maximum Gasteiger partial charge on any atom is 0.315 e. The third-order valence-electron chi connectivity index (χ3n) is 5.34. The summed E-state index contributed by atoms with van der Waals surface area (Å²) in [5.41, 5.74) is 3.61. The number of nitrogens with one attached hydrogen (secondary N) is 2. The molecule has 3 amide bonds. The van der Waals surface area contributed by atoms with Gasteiger partial charge in [-0.15, -0.1) is 11.3 Å². The third-order valence-corrected chi connectivity index (χ3v) is 6.37. The maximum absolute atomic E-state index is 12.5. The van der Waals surface area contributed by atoms with Crippen molar-refractivity contribution in [2.75, 3.05) is 13.1 Å². The Labute approximate surface area is 183 Å². The van der Waals surface area contributed by atoms with Crippen molar-refractivity contribution in [3.8, 4) is 0 Å². The van der Waals surface area contributed by atoms with E-state index in [1.165, 1.54) is 11.1 Å². The molecule has 2 aromatic rings. The van der Waals surface area contributed by atoms with Crippen molar-refractivity contribution in [1.29, 1.82) is 0 Å². The van der Waals surface area contributed by atoms with Crippen molar-refractivity contribution < 1.29 is 9.59 Å². The lowest BCUT2D eigenvalue weighted by molar-refractivity contribution is -0.132. The van der Waals surface area contributed by atoms with Crippen molar-refractivity contribution >= 4 is 23.3 Å². The number of carbonyl (C=O) groups is 2. The molecule has 0 saturated heterocycles. The third kappa shape index (κ3) is 5.81. The number of amides is 3. The Morgan fingerprint density at radius 3 is 2.67 bits per heavy atom. The zero-order chi connectivity index (χ0) is 21.7. The van der Waals surface area contributed by atoms with Crippen LogP contribution in [0.2, 0.25) is 0 Å². The van der Waals surface area contributed by atoms with Crippen LogP contribution in [0.5, 0.6) is 0 Å². The number of urea groups is 1. The Balaban J connectivity index is 1.36. The number of hydrogen-bond acceptors (Lipinski definition) is 4. The van der Waals surface area contributed by atoms with Crippen LogP contribution >= 0.6 is 11.3 Å². The van der Waals surface area contributed by atoms with E-state index in [2.05, 4.69) is 53.9 Å². The van der Waals surface area contributed by atoms with Crippen molar-refractivity contribution in [3.63, 3.8) is 0 Å². The normalized spacial score (nSPS) is 14.7. The quantitative estimate of drug-likeness (QED) is 0.678. The van der Waals surface area contributed by atoms with E-state index >= 15 is 0 Å². The number of rotatable bonds is 6. The molecule has 0 spiro atoms. The molecule has 3 rings (SSSR count). The first-order chi connectivity index (χ1) is 14.2. The summed E-state index contributed by atoms with van der Waals surface area (Å²) in [5.74, 6) is 0.151. The van der Waals surface area contributed by atoms with Gasteiger partial charge in [-0.1, -0.05) is 45.0 Å². The number of benzene rings is 1. The van der Waals surface area contributed by atoms with Crippen molar-refractivity contribution in [2.24, 2.45) is 0 Å². The average Bonchev–Trinajstić information content (AvgIpc) is 3.21. The van der Waals surface area contributed by atoms with E-state index in [4.69, 9.17) is 0 Å². The summed E-state index contributed by atoms with van der Waals surface area (Å²) >= 11 is 1.57. The number of nitrogens with zero attached hydrogens (tertiary/aromatic N) is 2. The second-order valence-electron chi connectivity index (χ2n) is 8.88. The minimum absolute atomic E-state index is 0.000296. The van der Waals surface area contributed by atoms with Crippen LogP contribution in [0, 0.1) is 0 Å². The van der Waals surface area contributed by atoms with Gasteiger partial charge in [0.05, 0.1) is 11.7 Å². The molecule has 1 atom stereocenters. The smallest absolute Gasteiger partial charge is 0.315 e. The number of thiazole rings is 1. The van der Waals surface area contributed by atoms with Gasteiger partial charge in [0.15, 0.2) is 0 Å². The Hall–Kier alpha value is -2.41. The fourth-order valence-corrected chi connectivity index (χ4v) is 4.50. The van der Waals surface area contributed by atoms with Gasteiger partial charge in [-0.25, -0.2) is 9.78 Å². The average molecular weight is 429 g/mol. The summed E-state index contributed by atoms with van der Waals surface area (Å²) in [6.07, 6.45) is 1.98. The molecule has 0 radical (unpaired) electrons. The minimum atomic E-state index is -0.227. The SMILES string of the molecule is CC(NC(=O)NCCCC(=O)N1CCc2ccccc2C1)c1nc(C(C)(C)C)cs1. The molecule has 6 nitrogen and oxygen atoms in total. The Morgan fingerprint density at radius 2 is 1.97 bits per heavy atom. The summed E-state index contributed by atoms with van der Waals surface area (Å²) in [6.45, 7) is 10.2. The van der Waals surface area contributed by atoms with Crippen LogP contribution in [0.3, 0.4) is 0 Å². The number of carbonyl (C=O) groups excluding carboxylic acids is 2. The molecule has 162 valence electrons. The number of hydrogen-bond donors (Lipinski definition) is 2. The molecule has 30 heavy (non-hydrogen) atoms. The van der Waals surface area contributed by atoms with Crippen LogP contribution in [0.15, 0.2) is 29.6 Å². The predicted molar refractivity (Wildman–Crippen MR) is 121 cm³/mol. The lowest BCUT2D eigenvalue weighted by Crippen LogP contribution is -2.38. The highest BCUT2D eigenvalue weighted by molar-refractivity contribution is 7.09. The molecule has 0 fully saturated rings. The van der Waals surface area contributed by atoms with Gasteiger partial charge < -0.3 is 15.5 Å². The van der Waals surface area contributed by atoms with Gasteiger partial charge in [-0.3, -0.25) is 4.79 Å². The highest BCUT2D eigenvalue weighted by Gasteiger charge is 2.21. The van der Waals surface area contributed by atoms with Crippen LogP contribution in [0.4, 0.5) is 4.79 Å². The number of aromatic nitrogens is 1. The molecular formula is C23H32N4O2S. The molecule has 0 aliphatic carbocycles. The lowest BCUT2D eigenvalue weighted by Gasteiger charge is -2.29. The molecule has 1 aromatic heterocycles.